The van der Waals surface area contributed by atoms with E-state index in [1.54, 1.807) is 12.4 Å². The molecule has 19 heavy (non-hydrogen) atoms. The van der Waals surface area contributed by atoms with Gasteiger partial charge in [-0.05, 0) is 38.0 Å². The number of aromatic nitrogens is 1. The van der Waals surface area contributed by atoms with Crippen molar-refractivity contribution in [3.8, 4) is 0 Å². The quantitative estimate of drug-likeness (QED) is 0.708. The maximum atomic E-state index is 4.50. The Morgan fingerprint density at radius 1 is 1.26 bits per heavy atom. The summed E-state index contributed by atoms with van der Waals surface area (Å²) < 4.78 is 0. The van der Waals surface area contributed by atoms with E-state index in [2.05, 4.69) is 35.6 Å². The number of hydrogen-bond donors (Lipinski definition) is 0. The molecule has 0 fully saturated rings. The Kier molecular flexibility index (Phi) is 3.91. The minimum Gasteiger partial charge on any atom is -0.259 e. The Balaban J connectivity index is 3.02. The third kappa shape index (κ3) is 2.22. The molecule has 0 unspecified atom stereocenters. The lowest BCUT2D eigenvalue weighted by Crippen LogP contribution is -1.93. The second-order valence-corrected chi connectivity index (χ2v) is 4.29. The average Bonchev–Trinajstić information content (AvgIpc) is 2.44. The number of rotatable bonds is 3. The van der Waals surface area contributed by atoms with Crippen LogP contribution in [0.4, 0.5) is 5.69 Å². The first-order chi connectivity index (χ1) is 9.24. The molecule has 0 atom stereocenters. The zero-order valence-corrected chi connectivity index (χ0v) is 11.6. The lowest BCUT2D eigenvalue weighted by molar-refractivity contribution is 1.35. The predicted octanol–water partition coefficient (Wildman–Crippen LogP) is 4.94. The molecular formula is C17H18N2. The van der Waals surface area contributed by atoms with E-state index in [9.17, 15) is 0 Å². The van der Waals surface area contributed by atoms with Gasteiger partial charge in [0.05, 0.1) is 11.2 Å². The maximum absolute atomic E-state index is 4.50. The first kappa shape index (κ1) is 13.2. The fourth-order valence-electron chi connectivity index (χ4n) is 2.35. The Morgan fingerprint density at radius 3 is 2.68 bits per heavy atom. The third-order valence-electron chi connectivity index (χ3n) is 3.18. The molecule has 2 heteroatoms. The zero-order chi connectivity index (χ0) is 13.8. The van der Waals surface area contributed by atoms with E-state index < -0.39 is 0 Å². The summed E-state index contributed by atoms with van der Waals surface area (Å²) in [4.78, 5) is 8.98. The van der Waals surface area contributed by atoms with Gasteiger partial charge in [-0.2, -0.15) is 0 Å². The smallest absolute Gasteiger partial charge is 0.0970 e. The number of nitrogens with zero attached hydrogens (tertiary/aromatic N) is 2. The monoisotopic (exact) mass is 250 g/mol. The van der Waals surface area contributed by atoms with Gasteiger partial charge in [-0.25, -0.2) is 0 Å². The highest BCUT2D eigenvalue weighted by molar-refractivity contribution is 6.01. The zero-order valence-electron chi connectivity index (χ0n) is 11.6. The normalized spacial score (nSPS) is 11.7. The van der Waals surface area contributed by atoms with Crippen LogP contribution in [0, 0.1) is 6.92 Å². The van der Waals surface area contributed by atoms with Crippen LogP contribution >= 0.6 is 0 Å². The van der Waals surface area contributed by atoms with E-state index >= 15 is 0 Å². The molecular weight excluding hydrogens is 232 g/mol. The minimum absolute atomic E-state index is 0.902. The molecule has 96 valence electrons. The molecule has 1 aromatic carbocycles. The third-order valence-corrected chi connectivity index (χ3v) is 3.18. The summed E-state index contributed by atoms with van der Waals surface area (Å²) in [5.74, 6) is 0. The summed E-state index contributed by atoms with van der Waals surface area (Å²) in [6.07, 6.45) is 9.62. The van der Waals surface area contributed by atoms with Crippen molar-refractivity contribution in [1.29, 1.82) is 0 Å². The van der Waals surface area contributed by atoms with Crippen molar-refractivity contribution >= 4 is 35.0 Å². The minimum atomic E-state index is 0.902. The van der Waals surface area contributed by atoms with Crippen molar-refractivity contribution in [3.05, 3.63) is 47.7 Å². The second-order valence-electron chi connectivity index (χ2n) is 4.29. The average molecular weight is 250 g/mol. The molecule has 0 aliphatic heterocycles. The van der Waals surface area contributed by atoms with Crippen molar-refractivity contribution in [3.63, 3.8) is 0 Å². The highest BCUT2D eigenvalue weighted by atomic mass is 14.8. The van der Waals surface area contributed by atoms with Crippen LogP contribution in [0.25, 0.3) is 23.1 Å². The standard InChI is InChI=1S/C17H18N2/c1-5-9-14-12(4)13(6-2)16(18-7-3)17-15(14)10-8-11-19-17/h5-11H,2H2,1,3-4H3/b9-5-,18-7?. The van der Waals surface area contributed by atoms with E-state index in [-0.39, 0.29) is 0 Å². The van der Waals surface area contributed by atoms with Crippen LogP contribution < -0.4 is 0 Å². The molecule has 1 aromatic heterocycles. The summed E-state index contributed by atoms with van der Waals surface area (Å²) in [5.41, 5.74) is 5.26. The summed E-state index contributed by atoms with van der Waals surface area (Å²) in [6.45, 7) is 9.96. The largest absolute Gasteiger partial charge is 0.259 e. The number of pyridine rings is 1. The summed E-state index contributed by atoms with van der Waals surface area (Å²) in [7, 11) is 0. The Bertz CT molecular complexity index is 679. The fraction of sp³-hybridized carbons (Fsp3) is 0.176. The van der Waals surface area contributed by atoms with E-state index in [0.717, 1.165) is 22.2 Å². The van der Waals surface area contributed by atoms with Gasteiger partial charge in [0.25, 0.3) is 0 Å². The van der Waals surface area contributed by atoms with Crippen LogP contribution in [0.5, 0.6) is 0 Å². The molecule has 1 heterocycles. The van der Waals surface area contributed by atoms with Gasteiger partial charge in [0.2, 0.25) is 0 Å². The molecule has 0 amide bonds. The number of fused-ring (bicyclic) bond motifs is 1. The topological polar surface area (TPSA) is 25.2 Å². The molecule has 2 aromatic rings. The summed E-state index contributed by atoms with van der Waals surface area (Å²) in [5, 5.41) is 1.13. The fourth-order valence-corrected chi connectivity index (χ4v) is 2.35. The Labute approximate surface area is 114 Å². The molecule has 0 aliphatic rings. The molecule has 0 aliphatic carbocycles. The summed E-state index contributed by atoms with van der Waals surface area (Å²) >= 11 is 0. The van der Waals surface area contributed by atoms with Crippen molar-refractivity contribution < 1.29 is 0 Å². The van der Waals surface area contributed by atoms with E-state index in [1.807, 2.05) is 32.1 Å². The molecule has 0 bridgehead atoms. The van der Waals surface area contributed by atoms with E-state index in [4.69, 9.17) is 0 Å². The van der Waals surface area contributed by atoms with Crippen molar-refractivity contribution in [1.82, 2.24) is 4.98 Å². The van der Waals surface area contributed by atoms with Crippen LogP contribution in [0.15, 0.2) is 36.0 Å². The number of aliphatic imine (C=N–C) groups is 1. The van der Waals surface area contributed by atoms with Crippen molar-refractivity contribution in [2.24, 2.45) is 4.99 Å². The number of hydrogen-bond acceptors (Lipinski definition) is 2. The van der Waals surface area contributed by atoms with Crippen molar-refractivity contribution in [2.75, 3.05) is 0 Å². The first-order valence-corrected chi connectivity index (χ1v) is 6.39. The Hall–Kier alpha value is -2.22. The van der Waals surface area contributed by atoms with Gasteiger partial charge in [0.1, 0.15) is 0 Å². The lowest BCUT2D eigenvalue weighted by atomic mass is 9.95. The molecule has 2 rings (SSSR count). The van der Waals surface area contributed by atoms with E-state index in [1.165, 1.54) is 11.1 Å². The van der Waals surface area contributed by atoms with Gasteiger partial charge >= 0.3 is 0 Å². The van der Waals surface area contributed by atoms with E-state index in [0.29, 0.717) is 0 Å². The molecule has 2 nitrogen and oxygen atoms in total. The number of benzene rings is 1. The van der Waals surface area contributed by atoms with Crippen LogP contribution in [0.1, 0.15) is 30.5 Å². The predicted molar refractivity (Wildman–Crippen MR) is 85.1 cm³/mol. The van der Waals surface area contributed by atoms with Gasteiger partial charge < -0.3 is 0 Å². The van der Waals surface area contributed by atoms with Gasteiger partial charge in [-0.3, -0.25) is 9.98 Å². The highest BCUT2D eigenvalue weighted by Crippen LogP contribution is 2.36. The van der Waals surface area contributed by atoms with Crippen LogP contribution in [0.3, 0.4) is 0 Å². The SMILES string of the molecule is C=Cc1c(C)c(/C=C\C)c2cccnc2c1N=CC. The van der Waals surface area contributed by atoms with Gasteiger partial charge in [0, 0.05) is 23.4 Å². The lowest BCUT2D eigenvalue weighted by Gasteiger charge is -2.13. The van der Waals surface area contributed by atoms with Crippen LogP contribution in [0.2, 0.25) is 0 Å². The second kappa shape index (κ2) is 5.61. The van der Waals surface area contributed by atoms with Crippen LogP contribution in [-0.2, 0) is 0 Å². The maximum Gasteiger partial charge on any atom is 0.0970 e. The van der Waals surface area contributed by atoms with Crippen LogP contribution in [-0.4, -0.2) is 11.2 Å². The van der Waals surface area contributed by atoms with Gasteiger partial charge in [0.15, 0.2) is 0 Å². The highest BCUT2D eigenvalue weighted by Gasteiger charge is 2.13. The molecule has 0 N–H and O–H groups in total. The molecule has 0 spiro atoms. The number of allylic oxidation sites excluding steroid dienone is 1. The van der Waals surface area contributed by atoms with Crippen molar-refractivity contribution in [2.45, 2.75) is 20.8 Å². The molecule has 0 saturated heterocycles. The summed E-state index contributed by atoms with van der Waals surface area (Å²) in [6, 6.07) is 4.05. The molecule has 0 saturated carbocycles. The van der Waals surface area contributed by atoms with Gasteiger partial charge in [-0.15, -0.1) is 0 Å². The van der Waals surface area contributed by atoms with Gasteiger partial charge in [-0.1, -0.05) is 30.9 Å². The Morgan fingerprint density at radius 2 is 2.05 bits per heavy atom. The first-order valence-electron chi connectivity index (χ1n) is 6.39. The molecule has 0 radical (unpaired) electrons.